The number of aryl methyl sites for hydroxylation is 1. The third-order valence-electron chi connectivity index (χ3n) is 14.6. The number of aliphatic imine (C=N–C) groups is 1. The summed E-state index contributed by atoms with van der Waals surface area (Å²) >= 11 is 1.55. The summed E-state index contributed by atoms with van der Waals surface area (Å²) in [6.45, 7) is 3.59. The monoisotopic (exact) mass is 1420 g/mol. The summed E-state index contributed by atoms with van der Waals surface area (Å²) in [5, 5.41) is 5.90. The van der Waals surface area contributed by atoms with E-state index in [1.165, 1.54) is 21.3 Å². The molecule has 1 aromatic rings. The lowest BCUT2D eigenvalue weighted by Crippen LogP contribution is -2.32. The molecule has 4 N–H and O–H groups in total. The van der Waals surface area contributed by atoms with Gasteiger partial charge in [-0.2, -0.15) is 11.8 Å². The first kappa shape index (κ1) is 85.6. The first-order valence-electron chi connectivity index (χ1n) is 31.1. The highest BCUT2D eigenvalue weighted by Crippen LogP contribution is 2.26. The number of Topliss-reactive ketones (excluding diaryl/α,β-unsaturated/α-hetero) is 1. The van der Waals surface area contributed by atoms with Crippen LogP contribution in [0.15, 0.2) is 17.5 Å². The van der Waals surface area contributed by atoms with Gasteiger partial charge in [-0.1, -0.05) is 13.3 Å². The molecule has 99 heavy (non-hydrogen) atoms. The number of unbranched alkanes of at least 4 members (excludes halogenated alkanes) is 1. The van der Waals surface area contributed by atoms with Crippen LogP contribution in [0.1, 0.15) is 128 Å². The Kier molecular flexibility index (Phi) is 39.7. The zero-order chi connectivity index (χ0) is 74.3. The van der Waals surface area contributed by atoms with Crippen LogP contribution >= 0.6 is 11.8 Å². The number of nitrogens with one attached hydrogen (secondary N) is 2. The van der Waals surface area contributed by atoms with Crippen LogP contribution in [0.4, 0.5) is 0 Å². The van der Waals surface area contributed by atoms with Gasteiger partial charge in [-0.15, -0.1) is 0 Å². The number of nitrogens with zero attached hydrogens (tertiary/aromatic N) is 3. The molecule has 9 heterocycles. The molecule has 1 aromatic heterocycles. The molecule has 36 nitrogen and oxygen atoms in total. The third-order valence-corrected chi connectivity index (χ3v) is 15.3. The van der Waals surface area contributed by atoms with E-state index in [1.54, 1.807) is 36.6 Å². The number of hydrogen-bond acceptors (Lipinski definition) is 34. The highest BCUT2D eigenvalue weighted by atomic mass is 32.2. The summed E-state index contributed by atoms with van der Waals surface area (Å²) in [5.74, 6) is -10.2. The lowest BCUT2D eigenvalue weighted by atomic mass is 10.0. The van der Waals surface area contributed by atoms with Crippen LogP contribution < -0.4 is 16.4 Å². The van der Waals surface area contributed by atoms with Crippen molar-refractivity contribution in [2.75, 3.05) is 67.1 Å². The maximum absolute atomic E-state index is 11.1. The summed E-state index contributed by atoms with van der Waals surface area (Å²) in [5.41, 5.74) is 6.22. The average Bonchev–Trinajstić information content (AvgIpc) is 1.79. The van der Waals surface area contributed by atoms with Crippen molar-refractivity contribution >= 4 is 131 Å². The Hall–Kier alpha value is -9.52. The number of imidazole rings is 1. The minimum atomic E-state index is -0.648. The van der Waals surface area contributed by atoms with Crippen LogP contribution in [-0.4, -0.2) is 196 Å². The molecule has 8 aliphatic rings. The number of nitrogens with two attached hydrogens (primary N) is 1. The van der Waals surface area contributed by atoms with Gasteiger partial charge in [-0.05, 0) is 52.0 Å². The molecule has 9 rings (SSSR count). The molecule has 0 bridgehead atoms. The van der Waals surface area contributed by atoms with Crippen molar-refractivity contribution in [3.63, 3.8) is 0 Å². The molecule has 8 atom stereocenters. The van der Waals surface area contributed by atoms with Crippen LogP contribution in [0.3, 0.4) is 0 Å². The van der Waals surface area contributed by atoms with Gasteiger partial charge >= 0.3 is 107 Å². The Morgan fingerprint density at radius 3 is 1.27 bits per heavy atom. The molecule has 8 aliphatic heterocycles. The second kappa shape index (κ2) is 45.9. The summed E-state index contributed by atoms with van der Waals surface area (Å²) in [7, 11) is 9.33. The predicted octanol–water partition coefficient (Wildman–Crippen LogP) is 0.184. The van der Waals surface area contributed by atoms with Crippen molar-refractivity contribution in [1.82, 2.24) is 20.2 Å². The van der Waals surface area contributed by atoms with Crippen molar-refractivity contribution < 1.29 is 143 Å². The van der Waals surface area contributed by atoms with Gasteiger partial charge in [-0.3, -0.25) is 96.1 Å². The first-order valence-corrected chi connectivity index (χ1v) is 32.5. The normalized spacial score (nSPS) is 22.5. The Morgan fingerprint density at radius 2 is 0.919 bits per heavy atom. The molecular weight excluding hydrogens is 1340 g/mol. The van der Waals surface area contributed by atoms with E-state index in [9.17, 15) is 91.1 Å². The van der Waals surface area contributed by atoms with Crippen LogP contribution in [0.5, 0.6) is 0 Å². The number of carbonyl (C=O) groups excluding carboxylic acids is 19. The fourth-order valence-corrected chi connectivity index (χ4v) is 9.87. The molecule has 8 fully saturated rings. The molecular formula is C62H84N6O30S. The summed E-state index contributed by atoms with van der Waals surface area (Å²) < 4.78 is 50.0. The van der Waals surface area contributed by atoms with Gasteiger partial charge < -0.3 is 73.0 Å². The molecule has 0 aliphatic carbocycles. The van der Waals surface area contributed by atoms with E-state index in [0.717, 1.165) is 37.9 Å². The molecule has 0 aromatic carbocycles. The number of carbonyl (C=O) groups is 19. The highest BCUT2D eigenvalue weighted by molar-refractivity contribution is 7.98. The van der Waals surface area contributed by atoms with Gasteiger partial charge in [0.2, 0.25) is 0 Å². The lowest BCUT2D eigenvalue weighted by Gasteiger charge is -2.06. The molecule has 0 amide bonds. The van der Waals surface area contributed by atoms with Gasteiger partial charge in [0.1, 0.15) is 5.78 Å². The van der Waals surface area contributed by atoms with Gasteiger partial charge in [0.15, 0.2) is 5.96 Å². The van der Waals surface area contributed by atoms with Crippen molar-refractivity contribution in [2.24, 2.45) is 65.1 Å². The van der Waals surface area contributed by atoms with E-state index in [2.05, 4.69) is 68.0 Å². The maximum Gasteiger partial charge on any atom is 0.319 e. The summed E-state index contributed by atoms with van der Waals surface area (Å²) in [6, 6.07) is 0. The Bertz CT molecular complexity index is 3040. The van der Waals surface area contributed by atoms with Gasteiger partial charge in [0.05, 0.1) is 138 Å². The zero-order valence-corrected chi connectivity index (χ0v) is 56.9. The van der Waals surface area contributed by atoms with E-state index in [-0.39, 0.29) is 142 Å². The Labute approximate surface area is 571 Å². The van der Waals surface area contributed by atoms with Gasteiger partial charge in [0.25, 0.3) is 0 Å². The van der Waals surface area contributed by atoms with E-state index < -0.39 is 95.4 Å². The van der Waals surface area contributed by atoms with E-state index in [4.69, 9.17) is 10.5 Å². The molecule has 0 spiro atoms. The molecule has 8 unspecified atom stereocenters. The number of cyclic esters (lactones) is 16. The molecule has 0 radical (unpaired) electrons. The minimum Gasteiger partial charge on any atom is -0.469 e. The fourth-order valence-electron chi connectivity index (χ4n) is 9.22. The Balaban J connectivity index is 0.000000386. The van der Waals surface area contributed by atoms with Crippen LogP contribution in [0.25, 0.3) is 0 Å². The third kappa shape index (κ3) is 34.0. The largest absolute Gasteiger partial charge is 0.469 e. The number of guanidine groups is 1. The van der Waals surface area contributed by atoms with Crippen LogP contribution in [0, 0.1) is 47.3 Å². The van der Waals surface area contributed by atoms with Gasteiger partial charge in [-0.25, -0.2) is 4.98 Å². The van der Waals surface area contributed by atoms with Crippen LogP contribution in [0.2, 0.25) is 0 Å². The van der Waals surface area contributed by atoms with Crippen LogP contribution in [-0.2, 0) is 157 Å². The van der Waals surface area contributed by atoms with Crippen molar-refractivity contribution in [3.05, 3.63) is 18.2 Å². The minimum absolute atomic E-state index is 0.00773. The lowest BCUT2D eigenvalue weighted by molar-refractivity contribution is -0.155. The molecule has 8 saturated heterocycles. The number of ether oxygens (including phenoxy) is 11. The van der Waals surface area contributed by atoms with E-state index in [1.807, 2.05) is 26.5 Å². The zero-order valence-electron chi connectivity index (χ0n) is 56.1. The van der Waals surface area contributed by atoms with Crippen molar-refractivity contribution in [1.29, 1.82) is 0 Å². The molecule has 0 saturated carbocycles. The standard InChI is InChI=1S/C9H15N3O3.C9H10N2O3.C9H15NO3.C8H10O5.C8H10O4.C7H8O5.C6H8O4.C6H8O3S/c1-11-9(10)12-4-2-3-6-5-7(13)15-8(6)14;1-11-4-7(10-5-11)2-6-3-8(12)14-9(6)13;1-10-5-3-2-4-7-6-8(11)13-9(7)12;1-12-6(9)3-2-5-4-7(10)13-8(5)11;1-2-6(9)3-5-4-7(10)12-8(5)11;1-11-5(8)2-4-3-6(9)12-7(4)10;1-9-3-4-2-5(7)10-6(4)8;1-10-3-4-2-5(7)9-6(4)8/h6H,2-5H2,1H3,(H3,10,11,12);4-6H,2-3H2,1H3;7,10H,2-6H2,1H3;5H,2-4H2,1H3;5H,2-4H2,1H3;4H,2-3H2,1H3;2*4H,2-3H2,1H3. The molecule has 37 heteroatoms. The highest BCUT2D eigenvalue weighted by Gasteiger charge is 2.39. The SMILES string of the molecule is CCC(=O)CC1CC(=O)OC1=O.CN=C(N)NCCCC1CC(=O)OC1=O.CNCCCCC1CC(=O)OC1=O.COC(=O)CC1CC(=O)OC1=O.COC(=O)CCC1CC(=O)OC1=O.COCC1CC(=O)OC1=O.CSCC1CC(=O)OC1=O.Cn1cnc(CC2CC(=O)OC2=O)c1. The summed E-state index contributed by atoms with van der Waals surface area (Å²) in [4.78, 5) is 212. The fraction of sp³-hybridized carbons (Fsp3) is 0.629. The smallest absolute Gasteiger partial charge is 0.319 e. The topological polar surface area (TPSA) is 506 Å². The Morgan fingerprint density at radius 1 is 0.535 bits per heavy atom. The number of methoxy groups -OCH3 is 3. The average molecular weight is 1430 g/mol. The van der Waals surface area contributed by atoms with Gasteiger partial charge in [0, 0.05) is 65.4 Å². The molecule has 548 valence electrons. The second-order valence-corrected chi connectivity index (χ2v) is 23.4. The summed E-state index contributed by atoms with van der Waals surface area (Å²) in [6.07, 6.45) is 12.1. The predicted molar refractivity (Wildman–Crippen MR) is 331 cm³/mol. The van der Waals surface area contributed by atoms with Crippen molar-refractivity contribution in [3.8, 4) is 0 Å². The maximum atomic E-state index is 11.1. The second-order valence-electron chi connectivity index (χ2n) is 22.5. The number of aromatic nitrogens is 2. The first-order chi connectivity index (χ1) is 46.9. The van der Waals surface area contributed by atoms with E-state index in [0.29, 0.717) is 43.9 Å². The number of thioether (sulfide) groups is 1. The number of hydrogen-bond donors (Lipinski definition) is 3. The van der Waals surface area contributed by atoms with Crippen molar-refractivity contribution in [2.45, 2.75) is 129 Å². The van der Waals surface area contributed by atoms with E-state index >= 15 is 0 Å². The number of esters is 18. The number of ketones is 1. The number of rotatable bonds is 23. The quantitative estimate of drug-likeness (QED) is 0.0329.